The fourth-order valence-corrected chi connectivity index (χ4v) is 2.30. The molecule has 0 saturated carbocycles. The lowest BCUT2D eigenvalue weighted by Gasteiger charge is -2.23. The molecule has 2 rings (SSSR count). The first kappa shape index (κ1) is 13.9. The van der Waals surface area contributed by atoms with Crippen LogP contribution in [0.15, 0.2) is 48.5 Å². The number of pyridine rings is 1. The first-order chi connectivity index (χ1) is 9.33. The van der Waals surface area contributed by atoms with Gasteiger partial charge in [-0.1, -0.05) is 52.3 Å². The maximum absolute atomic E-state index is 5.18. The number of halogens is 1. The van der Waals surface area contributed by atoms with Gasteiger partial charge < -0.3 is 9.64 Å². The largest absolute Gasteiger partial charge is 0.481 e. The minimum Gasteiger partial charge on any atom is -0.481 e. The standard InChI is InChI=1S/C15H17BrN2O/c1-19-15-9-5-8-14(17-15)18(11-10-16)12-13-6-3-2-4-7-13/h2-9H,10-12H2,1H3. The second-order valence-electron chi connectivity index (χ2n) is 4.13. The van der Waals surface area contributed by atoms with E-state index in [1.54, 1.807) is 7.11 Å². The third-order valence-corrected chi connectivity index (χ3v) is 3.17. The van der Waals surface area contributed by atoms with Crippen molar-refractivity contribution in [3.8, 4) is 5.88 Å². The minimum absolute atomic E-state index is 0.644. The lowest BCUT2D eigenvalue weighted by molar-refractivity contribution is 0.398. The Morgan fingerprint density at radius 1 is 1.11 bits per heavy atom. The van der Waals surface area contributed by atoms with E-state index in [-0.39, 0.29) is 0 Å². The van der Waals surface area contributed by atoms with Crippen molar-refractivity contribution in [2.45, 2.75) is 6.54 Å². The average molecular weight is 321 g/mol. The molecule has 0 aliphatic heterocycles. The van der Waals surface area contributed by atoms with E-state index >= 15 is 0 Å². The van der Waals surface area contributed by atoms with Crippen LogP contribution in [0.5, 0.6) is 5.88 Å². The number of methoxy groups -OCH3 is 1. The number of benzene rings is 1. The summed E-state index contributed by atoms with van der Waals surface area (Å²) in [4.78, 5) is 6.72. The highest BCUT2D eigenvalue weighted by atomic mass is 79.9. The summed E-state index contributed by atoms with van der Waals surface area (Å²) in [7, 11) is 1.64. The monoisotopic (exact) mass is 320 g/mol. The first-order valence-electron chi connectivity index (χ1n) is 6.19. The zero-order chi connectivity index (χ0) is 13.5. The van der Waals surface area contributed by atoms with Crippen LogP contribution in [0.25, 0.3) is 0 Å². The highest BCUT2D eigenvalue weighted by Crippen LogP contribution is 2.18. The summed E-state index contributed by atoms with van der Waals surface area (Å²) >= 11 is 3.50. The summed E-state index contributed by atoms with van der Waals surface area (Å²) in [5.41, 5.74) is 1.27. The Bertz CT molecular complexity index is 505. The average Bonchev–Trinajstić information content (AvgIpc) is 2.48. The number of alkyl halides is 1. The number of nitrogens with zero attached hydrogens (tertiary/aromatic N) is 2. The highest BCUT2D eigenvalue weighted by molar-refractivity contribution is 9.09. The molecule has 0 N–H and O–H groups in total. The van der Waals surface area contributed by atoms with Crippen LogP contribution in [0, 0.1) is 0 Å². The van der Waals surface area contributed by atoms with Crippen molar-refractivity contribution in [2.75, 3.05) is 23.9 Å². The summed E-state index contributed by atoms with van der Waals surface area (Å²) in [5.74, 6) is 1.58. The Morgan fingerprint density at radius 2 is 1.89 bits per heavy atom. The lowest BCUT2D eigenvalue weighted by atomic mass is 10.2. The van der Waals surface area contributed by atoms with Gasteiger partial charge in [0.15, 0.2) is 0 Å². The predicted octanol–water partition coefficient (Wildman–Crippen LogP) is 3.49. The van der Waals surface area contributed by atoms with Gasteiger partial charge in [-0.3, -0.25) is 0 Å². The zero-order valence-electron chi connectivity index (χ0n) is 10.9. The molecule has 1 aromatic carbocycles. The number of hydrogen-bond acceptors (Lipinski definition) is 3. The highest BCUT2D eigenvalue weighted by Gasteiger charge is 2.09. The maximum Gasteiger partial charge on any atom is 0.214 e. The molecule has 0 radical (unpaired) electrons. The Labute approximate surface area is 122 Å². The number of hydrogen-bond donors (Lipinski definition) is 0. The van der Waals surface area contributed by atoms with Crippen LogP contribution in [-0.2, 0) is 6.54 Å². The molecule has 0 unspecified atom stereocenters. The van der Waals surface area contributed by atoms with Gasteiger partial charge in [0.1, 0.15) is 5.82 Å². The van der Waals surface area contributed by atoms with Crippen LogP contribution >= 0.6 is 15.9 Å². The van der Waals surface area contributed by atoms with Gasteiger partial charge in [-0.15, -0.1) is 0 Å². The predicted molar refractivity (Wildman–Crippen MR) is 82.1 cm³/mol. The quantitative estimate of drug-likeness (QED) is 0.762. The first-order valence-corrected chi connectivity index (χ1v) is 7.31. The third kappa shape index (κ3) is 3.96. The van der Waals surface area contributed by atoms with Gasteiger partial charge in [0.2, 0.25) is 5.88 Å². The van der Waals surface area contributed by atoms with Crippen molar-refractivity contribution < 1.29 is 4.74 Å². The Morgan fingerprint density at radius 3 is 2.58 bits per heavy atom. The second kappa shape index (κ2) is 7.14. The minimum atomic E-state index is 0.644. The molecular formula is C15H17BrN2O. The molecule has 1 heterocycles. The molecule has 0 spiro atoms. The van der Waals surface area contributed by atoms with Crippen LogP contribution in [0.3, 0.4) is 0 Å². The van der Waals surface area contributed by atoms with Gasteiger partial charge in [0.05, 0.1) is 7.11 Å². The summed E-state index contributed by atoms with van der Waals surface area (Å²) in [6, 6.07) is 16.2. The molecular weight excluding hydrogens is 304 g/mol. The van der Waals surface area contributed by atoms with E-state index in [4.69, 9.17) is 4.74 Å². The van der Waals surface area contributed by atoms with Gasteiger partial charge >= 0.3 is 0 Å². The second-order valence-corrected chi connectivity index (χ2v) is 4.93. The number of rotatable bonds is 6. The van der Waals surface area contributed by atoms with Gasteiger partial charge in [0.25, 0.3) is 0 Å². The molecule has 0 fully saturated rings. The fourth-order valence-electron chi connectivity index (χ4n) is 1.87. The van der Waals surface area contributed by atoms with Gasteiger partial charge in [0, 0.05) is 24.5 Å². The van der Waals surface area contributed by atoms with E-state index in [1.165, 1.54) is 5.56 Å². The number of anilines is 1. The van der Waals surface area contributed by atoms with E-state index in [0.29, 0.717) is 5.88 Å². The number of ether oxygens (including phenoxy) is 1. The molecule has 4 heteroatoms. The van der Waals surface area contributed by atoms with Crippen molar-refractivity contribution in [1.82, 2.24) is 4.98 Å². The number of aromatic nitrogens is 1. The molecule has 100 valence electrons. The van der Waals surface area contributed by atoms with E-state index < -0.39 is 0 Å². The molecule has 0 saturated heterocycles. The van der Waals surface area contributed by atoms with E-state index in [1.807, 2.05) is 24.3 Å². The molecule has 0 amide bonds. The van der Waals surface area contributed by atoms with Crippen molar-refractivity contribution >= 4 is 21.7 Å². The topological polar surface area (TPSA) is 25.4 Å². The van der Waals surface area contributed by atoms with Gasteiger partial charge in [-0.25, -0.2) is 0 Å². The molecule has 0 bridgehead atoms. The zero-order valence-corrected chi connectivity index (χ0v) is 12.5. The van der Waals surface area contributed by atoms with Crippen LogP contribution in [0.4, 0.5) is 5.82 Å². The third-order valence-electron chi connectivity index (χ3n) is 2.81. The molecule has 1 aromatic heterocycles. The lowest BCUT2D eigenvalue weighted by Crippen LogP contribution is -2.25. The van der Waals surface area contributed by atoms with Gasteiger partial charge in [-0.05, 0) is 11.6 Å². The van der Waals surface area contributed by atoms with Crippen LogP contribution in [-0.4, -0.2) is 24.0 Å². The van der Waals surface area contributed by atoms with Crippen molar-refractivity contribution in [1.29, 1.82) is 0 Å². The Balaban J connectivity index is 2.19. The Kier molecular flexibility index (Phi) is 5.21. The van der Waals surface area contributed by atoms with E-state index in [2.05, 4.69) is 50.1 Å². The summed E-state index contributed by atoms with van der Waals surface area (Å²) in [6.45, 7) is 1.74. The molecule has 0 atom stereocenters. The van der Waals surface area contributed by atoms with Gasteiger partial charge in [-0.2, -0.15) is 4.98 Å². The van der Waals surface area contributed by atoms with Crippen LogP contribution in [0.2, 0.25) is 0 Å². The summed E-state index contributed by atoms with van der Waals surface area (Å²) in [5, 5.41) is 0.902. The van der Waals surface area contributed by atoms with E-state index in [0.717, 1.165) is 24.2 Å². The van der Waals surface area contributed by atoms with Crippen molar-refractivity contribution in [3.63, 3.8) is 0 Å². The maximum atomic E-state index is 5.18. The van der Waals surface area contributed by atoms with Crippen molar-refractivity contribution in [2.24, 2.45) is 0 Å². The summed E-state index contributed by atoms with van der Waals surface area (Å²) < 4.78 is 5.18. The fraction of sp³-hybridized carbons (Fsp3) is 0.267. The molecule has 3 nitrogen and oxygen atoms in total. The smallest absolute Gasteiger partial charge is 0.214 e. The molecule has 19 heavy (non-hydrogen) atoms. The van der Waals surface area contributed by atoms with Crippen LogP contribution in [0.1, 0.15) is 5.56 Å². The molecule has 2 aromatic rings. The normalized spacial score (nSPS) is 10.2. The SMILES string of the molecule is COc1cccc(N(CCBr)Cc2ccccc2)n1. The van der Waals surface area contributed by atoms with E-state index in [9.17, 15) is 0 Å². The van der Waals surface area contributed by atoms with Crippen molar-refractivity contribution in [3.05, 3.63) is 54.1 Å². The molecule has 0 aliphatic rings. The Hall–Kier alpha value is -1.55. The molecule has 0 aliphatic carbocycles. The van der Waals surface area contributed by atoms with Crippen LogP contribution < -0.4 is 9.64 Å². The summed E-state index contributed by atoms with van der Waals surface area (Å²) in [6.07, 6.45) is 0.